The van der Waals surface area contributed by atoms with Gasteiger partial charge in [0.25, 0.3) is 0 Å². The van der Waals surface area contributed by atoms with Crippen LogP contribution in [0.25, 0.3) is 0 Å². The molecular formula is C13H18N2. The van der Waals surface area contributed by atoms with E-state index in [0.29, 0.717) is 6.04 Å². The van der Waals surface area contributed by atoms with Crippen molar-refractivity contribution < 1.29 is 0 Å². The van der Waals surface area contributed by atoms with E-state index in [2.05, 4.69) is 49.3 Å². The average Bonchev–Trinajstić information content (AvgIpc) is 2.58. The molecule has 1 N–H and O–H groups in total. The Bertz CT molecular complexity index is 373. The van der Waals surface area contributed by atoms with E-state index in [9.17, 15) is 0 Å². The van der Waals surface area contributed by atoms with Gasteiger partial charge >= 0.3 is 0 Å². The number of aliphatic imine (C=N–C) groups is 1. The number of aryl methyl sites for hydroxylation is 2. The van der Waals surface area contributed by atoms with E-state index in [-0.39, 0.29) is 0 Å². The van der Waals surface area contributed by atoms with Gasteiger partial charge in [-0.1, -0.05) is 18.2 Å². The number of rotatable bonds is 2. The van der Waals surface area contributed by atoms with E-state index < -0.39 is 0 Å². The van der Waals surface area contributed by atoms with Crippen LogP contribution in [0.4, 0.5) is 0 Å². The van der Waals surface area contributed by atoms with Crippen LogP contribution in [-0.2, 0) is 6.42 Å². The molecule has 2 heteroatoms. The fraction of sp³-hybridized carbons (Fsp3) is 0.462. The van der Waals surface area contributed by atoms with Crippen molar-refractivity contribution in [2.45, 2.75) is 33.2 Å². The Labute approximate surface area is 91.4 Å². The van der Waals surface area contributed by atoms with Gasteiger partial charge in [-0.2, -0.15) is 0 Å². The molecule has 0 unspecified atom stereocenters. The lowest BCUT2D eigenvalue weighted by Gasteiger charge is -2.11. The van der Waals surface area contributed by atoms with Crippen LogP contribution in [0.1, 0.15) is 23.6 Å². The molecule has 2 rings (SSSR count). The predicted molar refractivity (Wildman–Crippen MR) is 64.5 cm³/mol. The molecule has 0 saturated heterocycles. The van der Waals surface area contributed by atoms with Gasteiger partial charge in [-0.25, -0.2) is 0 Å². The molecule has 1 aliphatic heterocycles. The molecule has 0 aliphatic carbocycles. The van der Waals surface area contributed by atoms with E-state index in [1.54, 1.807) is 0 Å². The highest BCUT2D eigenvalue weighted by Gasteiger charge is 2.14. The third-order valence-corrected chi connectivity index (χ3v) is 2.96. The highest BCUT2D eigenvalue weighted by atomic mass is 15.1. The second kappa shape index (κ2) is 4.05. The third kappa shape index (κ3) is 2.20. The molecule has 15 heavy (non-hydrogen) atoms. The molecule has 1 aromatic rings. The molecule has 1 heterocycles. The van der Waals surface area contributed by atoms with Crippen molar-refractivity contribution in [2.24, 2.45) is 4.99 Å². The zero-order valence-corrected chi connectivity index (χ0v) is 9.67. The standard InChI is InChI=1S/C13H18N2/c1-9-5-4-6-10(2)12(9)7-13-14-8-11(3)15-13/h4-6,11H,7-8H2,1-3H3,(H,14,15)/t11-/m0/s1. The van der Waals surface area contributed by atoms with E-state index in [4.69, 9.17) is 0 Å². The zero-order chi connectivity index (χ0) is 10.8. The molecule has 1 aliphatic rings. The summed E-state index contributed by atoms with van der Waals surface area (Å²) in [7, 11) is 0. The van der Waals surface area contributed by atoms with Gasteiger partial charge in [0.1, 0.15) is 5.84 Å². The van der Waals surface area contributed by atoms with Crippen molar-refractivity contribution in [2.75, 3.05) is 6.54 Å². The number of nitrogens with one attached hydrogen (secondary N) is 1. The summed E-state index contributed by atoms with van der Waals surface area (Å²) in [5.74, 6) is 1.14. The first-order valence-electron chi connectivity index (χ1n) is 5.52. The lowest BCUT2D eigenvalue weighted by Crippen LogP contribution is -2.28. The van der Waals surface area contributed by atoms with Gasteiger partial charge in [0.15, 0.2) is 0 Å². The van der Waals surface area contributed by atoms with Crippen molar-refractivity contribution in [1.82, 2.24) is 5.32 Å². The van der Waals surface area contributed by atoms with Crippen LogP contribution in [0.5, 0.6) is 0 Å². The van der Waals surface area contributed by atoms with Crippen LogP contribution in [-0.4, -0.2) is 18.4 Å². The molecule has 0 saturated carbocycles. The van der Waals surface area contributed by atoms with Gasteiger partial charge < -0.3 is 5.32 Å². The minimum Gasteiger partial charge on any atom is -0.369 e. The second-order valence-corrected chi connectivity index (χ2v) is 4.38. The van der Waals surface area contributed by atoms with Crippen LogP contribution in [0.15, 0.2) is 23.2 Å². The molecule has 0 bridgehead atoms. The van der Waals surface area contributed by atoms with Gasteiger partial charge in [-0.3, -0.25) is 4.99 Å². The van der Waals surface area contributed by atoms with E-state index >= 15 is 0 Å². The normalized spacial score (nSPS) is 19.9. The van der Waals surface area contributed by atoms with Crippen molar-refractivity contribution in [3.8, 4) is 0 Å². The summed E-state index contributed by atoms with van der Waals surface area (Å²) in [6, 6.07) is 6.95. The number of hydrogen-bond acceptors (Lipinski definition) is 2. The Morgan fingerprint density at radius 2 is 2.00 bits per heavy atom. The topological polar surface area (TPSA) is 24.4 Å². The van der Waals surface area contributed by atoms with E-state index in [0.717, 1.165) is 18.8 Å². The molecule has 80 valence electrons. The molecule has 1 aromatic carbocycles. The summed E-state index contributed by atoms with van der Waals surface area (Å²) in [6.45, 7) is 7.42. The molecular weight excluding hydrogens is 184 g/mol. The molecule has 0 amide bonds. The molecule has 0 aromatic heterocycles. The van der Waals surface area contributed by atoms with Crippen LogP contribution in [0.3, 0.4) is 0 Å². The summed E-state index contributed by atoms with van der Waals surface area (Å²) in [6.07, 6.45) is 0.947. The Balaban J connectivity index is 2.18. The summed E-state index contributed by atoms with van der Waals surface area (Å²) in [4.78, 5) is 4.50. The quantitative estimate of drug-likeness (QED) is 0.781. The number of amidine groups is 1. The Hall–Kier alpha value is -1.31. The fourth-order valence-electron chi connectivity index (χ4n) is 2.03. The van der Waals surface area contributed by atoms with Gasteiger partial charge in [0, 0.05) is 12.5 Å². The Kier molecular flexibility index (Phi) is 2.76. The van der Waals surface area contributed by atoms with E-state index in [1.807, 2.05) is 0 Å². The van der Waals surface area contributed by atoms with Crippen molar-refractivity contribution in [1.29, 1.82) is 0 Å². The van der Waals surface area contributed by atoms with Gasteiger partial charge in [0.2, 0.25) is 0 Å². The average molecular weight is 202 g/mol. The lowest BCUT2D eigenvalue weighted by atomic mass is 10.00. The smallest absolute Gasteiger partial charge is 0.101 e. The largest absolute Gasteiger partial charge is 0.369 e. The van der Waals surface area contributed by atoms with Gasteiger partial charge in [-0.15, -0.1) is 0 Å². The first kappa shape index (κ1) is 10.2. The summed E-state index contributed by atoms with van der Waals surface area (Å²) < 4.78 is 0. The number of nitrogens with zero attached hydrogens (tertiary/aromatic N) is 1. The van der Waals surface area contributed by atoms with Crippen LogP contribution in [0.2, 0.25) is 0 Å². The van der Waals surface area contributed by atoms with Crippen molar-refractivity contribution in [3.63, 3.8) is 0 Å². The molecule has 0 spiro atoms. The van der Waals surface area contributed by atoms with Crippen LogP contribution in [0, 0.1) is 13.8 Å². The lowest BCUT2D eigenvalue weighted by molar-refractivity contribution is 0.723. The summed E-state index contributed by atoms with van der Waals surface area (Å²) in [5.41, 5.74) is 4.14. The maximum Gasteiger partial charge on any atom is 0.101 e. The zero-order valence-electron chi connectivity index (χ0n) is 9.67. The highest BCUT2D eigenvalue weighted by molar-refractivity contribution is 5.86. The highest BCUT2D eigenvalue weighted by Crippen LogP contribution is 2.15. The van der Waals surface area contributed by atoms with Crippen LogP contribution >= 0.6 is 0 Å². The molecule has 1 atom stereocenters. The van der Waals surface area contributed by atoms with Crippen LogP contribution < -0.4 is 5.32 Å². The Morgan fingerprint density at radius 1 is 1.33 bits per heavy atom. The molecule has 0 fully saturated rings. The third-order valence-electron chi connectivity index (χ3n) is 2.96. The van der Waals surface area contributed by atoms with Gasteiger partial charge in [-0.05, 0) is 37.5 Å². The SMILES string of the molecule is Cc1cccc(C)c1CC1=NC[C@H](C)N1. The summed E-state index contributed by atoms with van der Waals surface area (Å²) >= 11 is 0. The number of benzene rings is 1. The predicted octanol–water partition coefficient (Wildman–Crippen LogP) is 2.24. The van der Waals surface area contributed by atoms with Crippen molar-refractivity contribution in [3.05, 3.63) is 34.9 Å². The Morgan fingerprint density at radius 3 is 2.53 bits per heavy atom. The van der Waals surface area contributed by atoms with Gasteiger partial charge in [0.05, 0.1) is 6.54 Å². The maximum absolute atomic E-state index is 4.50. The minimum atomic E-state index is 0.504. The molecule has 2 nitrogen and oxygen atoms in total. The van der Waals surface area contributed by atoms with E-state index in [1.165, 1.54) is 16.7 Å². The molecule has 0 radical (unpaired) electrons. The first-order valence-corrected chi connectivity index (χ1v) is 5.52. The number of hydrogen-bond donors (Lipinski definition) is 1. The fourth-order valence-corrected chi connectivity index (χ4v) is 2.03. The monoisotopic (exact) mass is 202 g/mol. The first-order chi connectivity index (χ1) is 7.16. The minimum absolute atomic E-state index is 0.504. The second-order valence-electron chi connectivity index (χ2n) is 4.38. The maximum atomic E-state index is 4.50. The summed E-state index contributed by atoms with van der Waals surface area (Å²) in [5, 5.41) is 3.41. The van der Waals surface area contributed by atoms with Crippen molar-refractivity contribution >= 4 is 5.84 Å².